The van der Waals surface area contributed by atoms with Crippen LogP contribution in [0.3, 0.4) is 0 Å². The average Bonchev–Trinajstić information content (AvgIpc) is 3.38. The SMILES string of the molecule is O=C(Nc1nc(-c2ccccn2)c(C2CCOC2)s1)c1ccc(C(F)(F)F)cc1. The monoisotopic (exact) mass is 419 g/mol. The van der Waals surface area contributed by atoms with Gasteiger partial charge in [-0.1, -0.05) is 6.07 Å². The largest absolute Gasteiger partial charge is 0.416 e. The van der Waals surface area contributed by atoms with E-state index in [1.54, 1.807) is 6.20 Å². The number of hydrogen-bond donors (Lipinski definition) is 1. The molecule has 1 aliphatic rings. The lowest BCUT2D eigenvalue weighted by atomic mass is 10.0. The maximum Gasteiger partial charge on any atom is 0.416 e. The summed E-state index contributed by atoms with van der Waals surface area (Å²) in [6, 6.07) is 9.58. The number of ether oxygens (including phenoxy) is 1. The van der Waals surface area contributed by atoms with Gasteiger partial charge in [-0.15, -0.1) is 11.3 Å². The van der Waals surface area contributed by atoms with E-state index in [2.05, 4.69) is 15.3 Å². The molecule has 9 heteroatoms. The number of pyridine rings is 1. The second kappa shape index (κ2) is 7.92. The summed E-state index contributed by atoms with van der Waals surface area (Å²) < 4.78 is 43.6. The van der Waals surface area contributed by atoms with Crippen LogP contribution in [0.2, 0.25) is 0 Å². The Labute approximate surface area is 168 Å². The maximum atomic E-state index is 12.7. The third kappa shape index (κ3) is 4.30. The summed E-state index contributed by atoms with van der Waals surface area (Å²) in [5.41, 5.74) is 0.706. The number of thiazole rings is 1. The number of carbonyl (C=O) groups excluding carboxylic acids is 1. The number of halogens is 3. The van der Waals surface area contributed by atoms with Gasteiger partial charge in [-0.25, -0.2) is 4.98 Å². The van der Waals surface area contributed by atoms with Crippen LogP contribution in [0.15, 0.2) is 48.7 Å². The highest BCUT2D eigenvalue weighted by Crippen LogP contribution is 2.39. The van der Waals surface area contributed by atoms with E-state index in [4.69, 9.17) is 4.74 Å². The third-order valence-corrected chi connectivity index (χ3v) is 5.69. The van der Waals surface area contributed by atoms with Crippen molar-refractivity contribution in [2.75, 3.05) is 18.5 Å². The molecule has 0 bridgehead atoms. The molecule has 2 aromatic heterocycles. The zero-order chi connectivity index (χ0) is 20.4. The minimum absolute atomic E-state index is 0.123. The van der Waals surface area contributed by atoms with Crippen molar-refractivity contribution in [2.45, 2.75) is 18.5 Å². The van der Waals surface area contributed by atoms with Crippen LogP contribution in [0.4, 0.5) is 18.3 Å². The molecule has 1 unspecified atom stereocenters. The van der Waals surface area contributed by atoms with E-state index in [1.807, 2.05) is 18.2 Å². The lowest BCUT2D eigenvalue weighted by Crippen LogP contribution is -2.12. The molecule has 3 heterocycles. The quantitative estimate of drug-likeness (QED) is 0.648. The molecule has 1 aliphatic heterocycles. The minimum Gasteiger partial charge on any atom is -0.381 e. The van der Waals surface area contributed by atoms with Crippen molar-refractivity contribution in [2.24, 2.45) is 0 Å². The van der Waals surface area contributed by atoms with Crippen molar-refractivity contribution in [3.8, 4) is 11.4 Å². The number of nitrogens with zero attached hydrogens (tertiary/aromatic N) is 2. The molecule has 1 saturated heterocycles. The highest BCUT2D eigenvalue weighted by Gasteiger charge is 2.30. The van der Waals surface area contributed by atoms with Gasteiger partial charge in [0, 0.05) is 29.2 Å². The normalized spacial score (nSPS) is 16.7. The van der Waals surface area contributed by atoms with Gasteiger partial charge in [0.2, 0.25) is 0 Å². The summed E-state index contributed by atoms with van der Waals surface area (Å²) in [6.45, 7) is 1.24. The lowest BCUT2D eigenvalue weighted by Gasteiger charge is -2.07. The van der Waals surface area contributed by atoms with Crippen molar-refractivity contribution in [1.29, 1.82) is 0 Å². The van der Waals surface area contributed by atoms with Crippen LogP contribution in [-0.4, -0.2) is 29.1 Å². The highest BCUT2D eigenvalue weighted by atomic mass is 32.1. The van der Waals surface area contributed by atoms with Gasteiger partial charge in [0.1, 0.15) is 5.69 Å². The fraction of sp³-hybridized carbons (Fsp3) is 0.250. The number of benzene rings is 1. The van der Waals surface area contributed by atoms with Crippen LogP contribution >= 0.6 is 11.3 Å². The molecule has 4 rings (SSSR count). The Bertz CT molecular complexity index is 998. The Morgan fingerprint density at radius 2 is 1.97 bits per heavy atom. The second-order valence-corrected chi connectivity index (χ2v) is 7.57. The van der Waals surface area contributed by atoms with Gasteiger partial charge in [0.25, 0.3) is 5.91 Å². The molecule has 0 radical (unpaired) electrons. The van der Waals surface area contributed by atoms with Gasteiger partial charge in [-0.2, -0.15) is 13.2 Å². The first-order chi connectivity index (χ1) is 13.9. The number of hydrogen-bond acceptors (Lipinski definition) is 5. The molecule has 1 aromatic carbocycles. The van der Waals surface area contributed by atoms with Crippen molar-refractivity contribution in [1.82, 2.24) is 9.97 Å². The van der Waals surface area contributed by atoms with Crippen LogP contribution in [0.1, 0.15) is 33.1 Å². The summed E-state index contributed by atoms with van der Waals surface area (Å²) in [6.07, 6.45) is -1.92. The highest BCUT2D eigenvalue weighted by molar-refractivity contribution is 7.16. The van der Waals surface area contributed by atoms with Crippen LogP contribution < -0.4 is 5.32 Å². The van der Waals surface area contributed by atoms with Gasteiger partial charge in [0.05, 0.1) is 17.9 Å². The molecular formula is C20H16F3N3O2S. The van der Waals surface area contributed by atoms with E-state index in [-0.39, 0.29) is 11.5 Å². The summed E-state index contributed by atoms with van der Waals surface area (Å²) in [5, 5.41) is 3.06. The van der Waals surface area contributed by atoms with Crippen LogP contribution in [-0.2, 0) is 10.9 Å². The number of rotatable bonds is 4. The molecule has 150 valence electrons. The predicted molar refractivity (Wildman–Crippen MR) is 103 cm³/mol. The van der Waals surface area contributed by atoms with Crippen LogP contribution in [0, 0.1) is 0 Å². The fourth-order valence-corrected chi connectivity index (χ4v) is 4.16. The number of aromatic nitrogens is 2. The summed E-state index contributed by atoms with van der Waals surface area (Å²) >= 11 is 1.34. The number of amides is 1. The van der Waals surface area contributed by atoms with E-state index < -0.39 is 17.6 Å². The van der Waals surface area contributed by atoms with Gasteiger partial charge in [-0.05, 0) is 42.8 Å². The van der Waals surface area contributed by atoms with E-state index in [1.165, 1.54) is 11.3 Å². The Kier molecular flexibility index (Phi) is 5.33. The first-order valence-electron chi connectivity index (χ1n) is 8.90. The third-order valence-electron chi connectivity index (χ3n) is 4.56. The molecule has 0 aliphatic carbocycles. The van der Waals surface area contributed by atoms with Gasteiger partial charge < -0.3 is 4.74 Å². The Balaban J connectivity index is 1.59. The predicted octanol–water partition coefficient (Wildman–Crippen LogP) is 4.98. The van der Waals surface area contributed by atoms with Gasteiger partial charge in [-0.3, -0.25) is 15.1 Å². The molecular weight excluding hydrogens is 403 g/mol. The van der Waals surface area contributed by atoms with Crippen molar-refractivity contribution >= 4 is 22.4 Å². The number of nitrogens with one attached hydrogen (secondary N) is 1. The van der Waals surface area contributed by atoms with Crippen molar-refractivity contribution in [3.63, 3.8) is 0 Å². The maximum absolute atomic E-state index is 12.7. The minimum atomic E-state index is -4.44. The Hall–Kier alpha value is -2.78. The molecule has 3 aromatic rings. The Morgan fingerprint density at radius 3 is 2.59 bits per heavy atom. The van der Waals surface area contributed by atoms with E-state index in [0.29, 0.717) is 29.7 Å². The van der Waals surface area contributed by atoms with E-state index >= 15 is 0 Å². The number of carbonyl (C=O) groups is 1. The van der Waals surface area contributed by atoms with Gasteiger partial charge >= 0.3 is 6.18 Å². The van der Waals surface area contributed by atoms with Crippen LogP contribution in [0.25, 0.3) is 11.4 Å². The zero-order valence-corrected chi connectivity index (χ0v) is 15.9. The molecule has 1 N–H and O–H groups in total. The molecule has 1 atom stereocenters. The standard InChI is InChI=1S/C20H16F3N3O2S/c21-20(22,23)14-6-4-12(5-7-14)18(27)26-19-25-16(15-3-1-2-9-24-15)17(29-19)13-8-10-28-11-13/h1-7,9,13H,8,10-11H2,(H,25,26,27). The molecule has 1 amide bonds. The second-order valence-electron chi connectivity index (χ2n) is 6.54. The first kappa shape index (κ1) is 19.5. The molecule has 0 saturated carbocycles. The molecule has 29 heavy (non-hydrogen) atoms. The van der Waals surface area contributed by atoms with Gasteiger partial charge in [0.15, 0.2) is 5.13 Å². The Morgan fingerprint density at radius 1 is 1.17 bits per heavy atom. The first-order valence-corrected chi connectivity index (χ1v) is 9.72. The summed E-state index contributed by atoms with van der Waals surface area (Å²) in [5.74, 6) is -0.351. The summed E-state index contributed by atoms with van der Waals surface area (Å²) in [7, 11) is 0. The number of alkyl halides is 3. The number of anilines is 1. The zero-order valence-electron chi connectivity index (χ0n) is 15.1. The van der Waals surface area contributed by atoms with E-state index in [0.717, 1.165) is 35.6 Å². The molecule has 5 nitrogen and oxygen atoms in total. The topological polar surface area (TPSA) is 64.1 Å². The molecule has 0 spiro atoms. The van der Waals surface area contributed by atoms with Crippen molar-refractivity contribution < 1.29 is 22.7 Å². The average molecular weight is 419 g/mol. The molecule has 1 fully saturated rings. The van der Waals surface area contributed by atoms with Crippen molar-refractivity contribution in [3.05, 3.63) is 64.7 Å². The van der Waals surface area contributed by atoms with Crippen LogP contribution in [0.5, 0.6) is 0 Å². The lowest BCUT2D eigenvalue weighted by molar-refractivity contribution is -0.137. The van der Waals surface area contributed by atoms with E-state index in [9.17, 15) is 18.0 Å². The fourth-order valence-electron chi connectivity index (χ4n) is 3.07. The smallest absolute Gasteiger partial charge is 0.381 e. The summed E-state index contributed by atoms with van der Waals surface area (Å²) in [4.78, 5) is 22.3.